The van der Waals surface area contributed by atoms with Crippen LogP contribution in [0.1, 0.15) is 30.8 Å². The van der Waals surface area contributed by atoms with Crippen LogP contribution in [-0.4, -0.2) is 46.1 Å². The van der Waals surface area contributed by atoms with Gasteiger partial charge in [-0.05, 0) is 26.2 Å². The molecule has 0 unspecified atom stereocenters. The van der Waals surface area contributed by atoms with Crippen LogP contribution in [0.3, 0.4) is 0 Å². The van der Waals surface area contributed by atoms with E-state index < -0.39 is 10.0 Å². The van der Waals surface area contributed by atoms with Gasteiger partial charge in [-0.3, -0.25) is 0 Å². The highest BCUT2D eigenvalue weighted by atomic mass is 32.2. The number of hydrogen-bond acceptors (Lipinski definition) is 5. The minimum Gasteiger partial charge on any atom is -0.464 e. The first-order valence-corrected chi connectivity index (χ1v) is 8.67. The van der Waals surface area contributed by atoms with E-state index in [-0.39, 0.29) is 4.90 Å². The minimum atomic E-state index is -3.50. The highest BCUT2D eigenvalue weighted by molar-refractivity contribution is 7.89. The molecule has 0 bridgehead atoms. The molecule has 1 aliphatic carbocycles. The van der Waals surface area contributed by atoms with Crippen molar-refractivity contribution in [2.75, 3.05) is 27.3 Å². The van der Waals surface area contributed by atoms with Gasteiger partial charge in [0, 0.05) is 39.4 Å². The maximum atomic E-state index is 12.5. The van der Waals surface area contributed by atoms with E-state index in [0.717, 1.165) is 0 Å². The van der Waals surface area contributed by atoms with E-state index in [4.69, 9.17) is 9.15 Å². The number of ether oxygens (including phenoxy) is 1. The van der Waals surface area contributed by atoms with Crippen molar-refractivity contribution in [2.45, 2.75) is 43.7 Å². The molecular weight excluding hydrogens is 292 g/mol. The van der Waals surface area contributed by atoms with Crippen LogP contribution in [0.25, 0.3) is 0 Å². The molecule has 1 saturated carbocycles. The zero-order valence-electron chi connectivity index (χ0n) is 12.9. The standard InChI is InChI=1S/C14H24N2O4S/c1-11-14(9-13(20-11)10-15-12-5-6-12)21(17,18)16(2)7-4-8-19-3/h9,12,15H,4-8,10H2,1-3H3. The molecule has 7 heteroatoms. The first kappa shape index (κ1) is 16.5. The second kappa shape index (κ2) is 6.91. The minimum absolute atomic E-state index is 0.259. The maximum Gasteiger partial charge on any atom is 0.246 e. The van der Waals surface area contributed by atoms with Crippen LogP contribution in [0.5, 0.6) is 0 Å². The number of nitrogens with one attached hydrogen (secondary N) is 1. The molecule has 0 aliphatic heterocycles. The Labute approximate surface area is 126 Å². The SMILES string of the molecule is COCCCN(C)S(=O)(=O)c1cc(CNC2CC2)oc1C. The predicted molar refractivity (Wildman–Crippen MR) is 79.6 cm³/mol. The summed E-state index contributed by atoms with van der Waals surface area (Å²) in [6.07, 6.45) is 3.04. The molecule has 0 amide bonds. The topological polar surface area (TPSA) is 71.8 Å². The molecule has 120 valence electrons. The number of nitrogens with zero attached hydrogens (tertiary/aromatic N) is 1. The molecule has 1 aliphatic rings. The van der Waals surface area contributed by atoms with Crippen LogP contribution in [0.15, 0.2) is 15.4 Å². The molecule has 0 atom stereocenters. The quantitative estimate of drug-likeness (QED) is 0.699. The van der Waals surface area contributed by atoms with Crippen LogP contribution in [0, 0.1) is 6.92 Å². The molecule has 0 saturated heterocycles. The van der Waals surface area contributed by atoms with Crippen molar-refractivity contribution in [3.8, 4) is 0 Å². The molecule has 0 radical (unpaired) electrons. The van der Waals surface area contributed by atoms with Gasteiger partial charge in [-0.15, -0.1) is 0 Å². The van der Waals surface area contributed by atoms with Gasteiger partial charge in [0.05, 0.1) is 6.54 Å². The fourth-order valence-electron chi connectivity index (χ4n) is 2.12. The molecule has 1 N–H and O–H groups in total. The second-order valence-electron chi connectivity index (χ2n) is 5.46. The van der Waals surface area contributed by atoms with E-state index in [1.165, 1.54) is 17.1 Å². The summed E-state index contributed by atoms with van der Waals surface area (Å²) < 4.78 is 36.9. The number of methoxy groups -OCH3 is 1. The third kappa shape index (κ3) is 4.29. The molecule has 1 fully saturated rings. The molecule has 21 heavy (non-hydrogen) atoms. The summed E-state index contributed by atoms with van der Waals surface area (Å²) in [5, 5.41) is 3.32. The summed E-state index contributed by atoms with van der Waals surface area (Å²) in [5.74, 6) is 1.12. The van der Waals surface area contributed by atoms with E-state index in [9.17, 15) is 8.42 Å². The first-order chi connectivity index (χ1) is 9.95. The van der Waals surface area contributed by atoms with E-state index in [0.29, 0.717) is 43.7 Å². The van der Waals surface area contributed by atoms with E-state index >= 15 is 0 Å². The van der Waals surface area contributed by atoms with Gasteiger partial charge in [0.25, 0.3) is 0 Å². The first-order valence-electron chi connectivity index (χ1n) is 7.23. The van der Waals surface area contributed by atoms with E-state index in [1.54, 1.807) is 27.1 Å². The Morgan fingerprint density at radius 1 is 1.48 bits per heavy atom. The highest BCUT2D eigenvalue weighted by Gasteiger charge is 2.26. The van der Waals surface area contributed by atoms with Gasteiger partial charge in [-0.1, -0.05) is 0 Å². The fourth-order valence-corrected chi connectivity index (χ4v) is 3.51. The Kier molecular flexibility index (Phi) is 5.43. The lowest BCUT2D eigenvalue weighted by Gasteiger charge is -2.16. The monoisotopic (exact) mass is 316 g/mol. The van der Waals surface area contributed by atoms with Crippen molar-refractivity contribution >= 4 is 10.0 Å². The van der Waals surface area contributed by atoms with Gasteiger partial charge < -0.3 is 14.5 Å². The van der Waals surface area contributed by atoms with Crippen molar-refractivity contribution in [1.82, 2.24) is 9.62 Å². The highest BCUT2D eigenvalue weighted by Crippen LogP contribution is 2.24. The third-order valence-electron chi connectivity index (χ3n) is 3.58. The number of hydrogen-bond donors (Lipinski definition) is 1. The lowest BCUT2D eigenvalue weighted by Crippen LogP contribution is -2.28. The Balaban J connectivity index is 2.03. The molecule has 6 nitrogen and oxygen atoms in total. The van der Waals surface area contributed by atoms with Crippen LogP contribution in [-0.2, 0) is 21.3 Å². The fraction of sp³-hybridized carbons (Fsp3) is 0.714. The van der Waals surface area contributed by atoms with Crippen LogP contribution < -0.4 is 5.32 Å². The zero-order chi connectivity index (χ0) is 15.5. The number of furan rings is 1. The van der Waals surface area contributed by atoms with Crippen LogP contribution >= 0.6 is 0 Å². The van der Waals surface area contributed by atoms with Gasteiger partial charge in [0.15, 0.2) is 0 Å². The van der Waals surface area contributed by atoms with Gasteiger partial charge in [-0.2, -0.15) is 0 Å². The molecule has 2 rings (SSSR count). The smallest absolute Gasteiger partial charge is 0.246 e. The number of sulfonamides is 1. The molecule has 1 heterocycles. The lowest BCUT2D eigenvalue weighted by atomic mass is 10.4. The molecule has 0 aromatic carbocycles. The maximum absolute atomic E-state index is 12.5. The Hall–Kier alpha value is -0.890. The summed E-state index contributed by atoms with van der Waals surface area (Å²) in [7, 11) is -0.308. The van der Waals surface area contributed by atoms with Gasteiger partial charge >= 0.3 is 0 Å². The van der Waals surface area contributed by atoms with Crippen molar-refractivity contribution in [3.63, 3.8) is 0 Å². The third-order valence-corrected chi connectivity index (χ3v) is 5.54. The predicted octanol–water partition coefficient (Wildman–Crippen LogP) is 1.50. The van der Waals surface area contributed by atoms with E-state index in [1.807, 2.05) is 0 Å². The number of rotatable bonds is 9. The summed E-state index contributed by atoms with van der Waals surface area (Å²) in [5.41, 5.74) is 0. The second-order valence-corrected chi connectivity index (χ2v) is 7.47. The van der Waals surface area contributed by atoms with Gasteiger partial charge in [-0.25, -0.2) is 12.7 Å². The normalized spacial score (nSPS) is 15.8. The van der Waals surface area contributed by atoms with Gasteiger partial charge in [0.1, 0.15) is 16.4 Å². The van der Waals surface area contributed by atoms with E-state index in [2.05, 4.69) is 5.32 Å². The van der Waals surface area contributed by atoms with Crippen LogP contribution in [0.2, 0.25) is 0 Å². The molecule has 0 spiro atoms. The lowest BCUT2D eigenvalue weighted by molar-refractivity contribution is 0.189. The molecule has 1 aromatic heterocycles. The zero-order valence-corrected chi connectivity index (χ0v) is 13.7. The number of aryl methyl sites for hydroxylation is 1. The van der Waals surface area contributed by atoms with Crippen molar-refractivity contribution < 1.29 is 17.6 Å². The largest absolute Gasteiger partial charge is 0.464 e. The Morgan fingerprint density at radius 3 is 2.81 bits per heavy atom. The van der Waals surface area contributed by atoms with Crippen molar-refractivity contribution in [2.24, 2.45) is 0 Å². The Bertz CT molecular complexity index is 564. The summed E-state index contributed by atoms with van der Waals surface area (Å²) in [6, 6.07) is 2.19. The Morgan fingerprint density at radius 2 is 2.19 bits per heavy atom. The van der Waals surface area contributed by atoms with Crippen molar-refractivity contribution in [3.05, 3.63) is 17.6 Å². The molecular formula is C14H24N2O4S. The van der Waals surface area contributed by atoms with Crippen molar-refractivity contribution in [1.29, 1.82) is 0 Å². The molecule has 1 aromatic rings. The van der Waals surface area contributed by atoms with Gasteiger partial charge in [0.2, 0.25) is 10.0 Å². The average Bonchev–Trinajstić information content (AvgIpc) is 3.18. The summed E-state index contributed by atoms with van der Waals surface area (Å²) >= 11 is 0. The van der Waals surface area contributed by atoms with Crippen LogP contribution in [0.4, 0.5) is 0 Å². The summed E-state index contributed by atoms with van der Waals surface area (Å²) in [4.78, 5) is 0.259. The average molecular weight is 316 g/mol. The summed E-state index contributed by atoms with van der Waals surface area (Å²) in [6.45, 7) is 3.24.